The number of amides is 2. The zero-order valence-electron chi connectivity index (χ0n) is 15.8. The zero-order valence-corrected chi connectivity index (χ0v) is 15.8. The van der Waals surface area contributed by atoms with Crippen LogP contribution in [-0.4, -0.2) is 42.9 Å². The van der Waals surface area contributed by atoms with Gasteiger partial charge in [0.2, 0.25) is 11.8 Å². The largest absolute Gasteiger partial charge is 0.366 e. The second-order valence-corrected chi connectivity index (χ2v) is 6.99. The Bertz CT molecular complexity index is 578. The van der Waals surface area contributed by atoms with Crippen molar-refractivity contribution in [3.8, 4) is 0 Å². The van der Waals surface area contributed by atoms with E-state index in [0.29, 0.717) is 6.42 Å². The lowest BCUT2D eigenvalue weighted by molar-refractivity contribution is -0.134. The van der Waals surface area contributed by atoms with Crippen LogP contribution in [0.4, 0.5) is 11.4 Å². The van der Waals surface area contributed by atoms with E-state index in [4.69, 9.17) is 0 Å². The van der Waals surface area contributed by atoms with Gasteiger partial charge in [-0.1, -0.05) is 45.7 Å². The second-order valence-electron chi connectivity index (χ2n) is 6.99. The van der Waals surface area contributed by atoms with Crippen LogP contribution in [0.3, 0.4) is 0 Å². The molecule has 1 aromatic carbocycles. The highest BCUT2D eigenvalue weighted by Gasteiger charge is 2.24. The molecule has 5 nitrogen and oxygen atoms in total. The van der Waals surface area contributed by atoms with Crippen molar-refractivity contribution in [2.24, 2.45) is 5.92 Å². The number of carbonyl (C=O) groups is 2. The lowest BCUT2D eigenvalue weighted by atomic mass is 10.1. The highest BCUT2D eigenvalue weighted by molar-refractivity contribution is 5.94. The van der Waals surface area contributed by atoms with Crippen molar-refractivity contribution in [3.05, 3.63) is 24.3 Å². The van der Waals surface area contributed by atoms with Gasteiger partial charge in [-0.3, -0.25) is 9.59 Å². The quantitative estimate of drug-likeness (QED) is 0.770. The highest BCUT2D eigenvalue weighted by Crippen LogP contribution is 2.27. The monoisotopic (exact) mass is 345 g/mol. The number of para-hydroxylation sites is 2. The van der Waals surface area contributed by atoms with Crippen molar-refractivity contribution in [3.63, 3.8) is 0 Å². The molecule has 25 heavy (non-hydrogen) atoms. The molecule has 0 aromatic heterocycles. The summed E-state index contributed by atoms with van der Waals surface area (Å²) in [4.78, 5) is 28.5. The van der Waals surface area contributed by atoms with E-state index in [-0.39, 0.29) is 17.7 Å². The molecule has 0 unspecified atom stereocenters. The molecule has 0 radical (unpaired) electrons. The van der Waals surface area contributed by atoms with E-state index in [1.54, 1.807) is 0 Å². The molecule has 2 amide bonds. The van der Waals surface area contributed by atoms with Crippen LogP contribution in [0.5, 0.6) is 0 Å². The fraction of sp³-hybridized carbons (Fsp3) is 0.600. The number of hydrogen-bond acceptors (Lipinski definition) is 3. The first kappa shape index (κ1) is 19.3. The molecule has 5 heteroatoms. The maximum Gasteiger partial charge on any atom is 0.225 e. The average Bonchev–Trinajstić information content (AvgIpc) is 2.62. The third kappa shape index (κ3) is 5.48. The minimum absolute atomic E-state index is 0.0428. The summed E-state index contributed by atoms with van der Waals surface area (Å²) >= 11 is 0. The van der Waals surface area contributed by atoms with Crippen molar-refractivity contribution in [1.29, 1.82) is 0 Å². The van der Waals surface area contributed by atoms with Crippen LogP contribution in [0.25, 0.3) is 0 Å². The minimum atomic E-state index is 0.0428. The Hall–Kier alpha value is -2.04. The summed E-state index contributed by atoms with van der Waals surface area (Å²) in [7, 11) is 0. The normalized spacial score (nSPS) is 14.7. The van der Waals surface area contributed by atoms with Gasteiger partial charge < -0.3 is 15.1 Å². The molecule has 2 rings (SSSR count). The highest BCUT2D eigenvalue weighted by atomic mass is 16.2. The molecule has 0 spiro atoms. The molecule has 0 aliphatic carbocycles. The molecular weight excluding hydrogens is 314 g/mol. The second kappa shape index (κ2) is 9.44. The Morgan fingerprint density at radius 2 is 1.76 bits per heavy atom. The lowest BCUT2D eigenvalue weighted by Gasteiger charge is -2.37. The number of hydrogen-bond donors (Lipinski definition) is 1. The molecule has 0 atom stereocenters. The van der Waals surface area contributed by atoms with Crippen LogP contribution in [-0.2, 0) is 9.59 Å². The van der Waals surface area contributed by atoms with Gasteiger partial charge in [-0.15, -0.1) is 0 Å². The third-order valence-electron chi connectivity index (χ3n) is 4.61. The fourth-order valence-corrected chi connectivity index (χ4v) is 3.14. The predicted octanol–water partition coefficient (Wildman–Crippen LogP) is 3.51. The van der Waals surface area contributed by atoms with Gasteiger partial charge in [0.05, 0.1) is 11.4 Å². The summed E-state index contributed by atoms with van der Waals surface area (Å²) in [5.74, 6) is 0.341. The molecule has 1 fully saturated rings. The number of unbranched alkanes of at least 4 members (excludes halogenated alkanes) is 2. The minimum Gasteiger partial charge on any atom is -0.366 e. The molecule has 1 aromatic rings. The summed E-state index contributed by atoms with van der Waals surface area (Å²) in [6.07, 6.45) is 3.70. The Morgan fingerprint density at radius 3 is 2.40 bits per heavy atom. The van der Waals surface area contributed by atoms with E-state index in [1.807, 2.05) is 43.0 Å². The van der Waals surface area contributed by atoms with Crippen molar-refractivity contribution in [2.75, 3.05) is 36.4 Å². The lowest BCUT2D eigenvalue weighted by Crippen LogP contribution is -2.50. The smallest absolute Gasteiger partial charge is 0.225 e. The van der Waals surface area contributed by atoms with Crippen LogP contribution in [0, 0.1) is 5.92 Å². The van der Waals surface area contributed by atoms with E-state index in [0.717, 1.165) is 56.8 Å². The van der Waals surface area contributed by atoms with Gasteiger partial charge in [-0.05, 0) is 18.6 Å². The fourth-order valence-electron chi connectivity index (χ4n) is 3.14. The molecule has 1 heterocycles. The van der Waals surface area contributed by atoms with Crippen LogP contribution < -0.4 is 10.2 Å². The molecule has 0 bridgehead atoms. The summed E-state index contributed by atoms with van der Waals surface area (Å²) in [6, 6.07) is 7.94. The summed E-state index contributed by atoms with van der Waals surface area (Å²) in [5, 5.41) is 3.06. The van der Waals surface area contributed by atoms with Gasteiger partial charge in [0, 0.05) is 38.5 Å². The first-order chi connectivity index (χ1) is 12.0. The average molecular weight is 345 g/mol. The summed E-state index contributed by atoms with van der Waals surface area (Å²) in [6.45, 7) is 9.07. The SMILES string of the molecule is CCCCCC(=O)Nc1ccccc1N1CCN(C(=O)C(C)C)CC1. The predicted molar refractivity (Wildman–Crippen MR) is 103 cm³/mol. The topological polar surface area (TPSA) is 52.7 Å². The molecule has 138 valence electrons. The molecule has 1 aliphatic rings. The van der Waals surface area contributed by atoms with Gasteiger partial charge in [-0.2, -0.15) is 0 Å². The Morgan fingerprint density at radius 1 is 1.08 bits per heavy atom. The molecule has 1 N–H and O–H groups in total. The summed E-state index contributed by atoms with van der Waals surface area (Å²) in [5.41, 5.74) is 1.91. The first-order valence-corrected chi connectivity index (χ1v) is 9.45. The van der Waals surface area contributed by atoms with Crippen LogP contribution >= 0.6 is 0 Å². The number of benzene rings is 1. The number of nitrogens with zero attached hydrogens (tertiary/aromatic N) is 2. The van der Waals surface area contributed by atoms with Gasteiger partial charge in [0.1, 0.15) is 0 Å². The number of piperazine rings is 1. The van der Waals surface area contributed by atoms with Gasteiger partial charge in [0.25, 0.3) is 0 Å². The number of carbonyl (C=O) groups excluding carboxylic acids is 2. The number of anilines is 2. The van der Waals surface area contributed by atoms with Crippen LogP contribution in [0.2, 0.25) is 0 Å². The summed E-state index contributed by atoms with van der Waals surface area (Å²) < 4.78 is 0. The van der Waals surface area contributed by atoms with E-state index in [1.165, 1.54) is 0 Å². The third-order valence-corrected chi connectivity index (χ3v) is 4.61. The standard InChI is InChI=1S/C20H31N3O2/c1-4-5-6-11-19(24)21-17-9-7-8-10-18(17)22-12-14-23(15-13-22)20(25)16(2)3/h7-10,16H,4-6,11-15H2,1-3H3,(H,21,24). The van der Waals surface area contributed by atoms with E-state index in [2.05, 4.69) is 17.1 Å². The number of nitrogens with one attached hydrogen (secondary N) is 1. The van der Waals surface area contributed by atoms with E-state index in [9.17, 15) is 9.59 Å². The first-order valence-electron chi connectivity index (χ1n) is 9.45. The van der Waals surface area contributed by atoms with E-state index >= 15 is 0 Å². The van der Waals surface area contributed by atoms with Crippen LogP contribution in [0.15, 0.2) is 24.3 Å². The molecule has 0 saturated carbocycles. The Kier molecular flexibility index (Phi) is 7.29. The van der Waals surface area contributed by atoms with Crippen molar-refractivity contribution in [2.45, 2.75) is 46.5 Å². The number of rotatable bonds is 7. The van der Waals surface area contributed by atoms with Crippen molar-refractivity contribution >= 4 is 23.2 Å². The van der Waals surface area contributed by atoms with Gasteiger partial charge >= 0.3 is 0 Å². The molecule has 1 saturated heterocycles. The van der Waals surface area contributed by atoms with Gasteiger partial charge in [-0.25, -0.2) is 0 Å². The Labute approximate surface area is 151 Å². The molecule has 1 aliphatic heterocycles. The zero-order chi connectivity index (χ0) is 18.2. The van der Waals surface area contributed by atoms with Gasteiger partial charge in [0.15, 0.2) is 0 Å². The Balaban J connectivity index is 1.97. The maximum absolute atomic E-state index is 12.2. The van der Waals surface area contributed by atoms with Crippen molar-refractivity contribution < 1.29 is 9.59 Å². The van der Waals surface area contributed by atoms with E-state index < -0.39 is 0 Å². The maximum atomic E-state index is 12.2. The van der Waals surface area contributed by atoms with Crippen molar-refractivity contribution in [1.82, 2.24) is 4.90 Å². The molecular formula is C20H31N3O2. The van der Waals surface area contributed by atoms with Crippen LogP contribution in [0.1, 0.15) is 46.5 Å².